The zero-order valence-corrected chi connectivity index (χ0v) is 12.6. The van der Waals surface area contributed by atoms with E-state index in [1.165, 1.54) is 21.9 Å². The van der Waals surface area contributed by atoms with E-state index in [9.17, 15) is 0 Å². The molecule has 1 aromatic carbocycles. The van der Waals surface area contributed by atoms with Gasteiger partial charge in [-0.2, -0.15) is 0 Å². The Bertz CT molecular complexity index is 482. The lowest BCUT2D eigenvalue weighted by Crippen LogP contribution is -2.38. The molecule has 1 radical (unpaired) electrons. The van der Waals surface area contributed by atoms with Gasteiger partial charge in [-0.3, -0.25) is 0 Å². The van der Waals surface area contributed by atoms with Crippen LogP contribution in [0.5, 0.6) is 0 Å². The minimum absolute atomic E-state index is 0.190. The van der Waals surface area contributed by atoms with Crippen molar-refractivity contribution in [2.75, 3.05) is 0 Å². The van der Waals surface area contributed by atoms with Crippen molar-refractivity contribution in [2.24, 2.45) is 0 Å². The molecule has 17 heavy (non-hydrogen) atoms. The first-order chi connectivity index (χ1) is 7.97. The molecule has 1 heteroatoms. The molecule has 0 nitrogen and oxygen atoms in total. The maximum Gasteiger partial charge on any atom is 0.0833 e. The molecule has 0 aromatic heterocycles. The third-order valence-corrected chi connectivity index (χ3v) is 8.21. The average molecular weight is 241 g/mol. The van der Waals surface area contributed by atoms with E-state index < -0.39 is 8.80 Å². The molecule has 0 fully saturated rings. The predicted octanol–water partition coefficient (Wildman–Crippen LogP) is 3.61. The van der Waals surface area contributed by atoms with Gasteiger partial charge in [-0.05, 0) is 38.0 Å². The highest BCUT2D eigenvalue weighted by Gasteiger charge is 2.38. The molecular weight excluding hydrogens is 220 g/mol. The smallest absolute Gasteiger partial charge is 0.0671 e. The highest BCUT2D eigenvalue weighted by atomic mass is 28.3. The van der Waals surface area contributed by atoms with Crippen LogP contribution in [0.2, 0.25) is 11.6 Å². The van der Waals surface area contributed by atoms with E-state index in [4.69, 9.17) is 0 Å². The summed E-state index contributed by atoms with van der Waals surface area (Å²) in [6.45, 7) is 11.5. The van der Waals surface area contributed by atoms with E-state index in [0.717, 1.165) is 0 Å². The zero-order chi connectivity index (χ0) is 12.6. The minimum atomic E-state index is -1.05. The van der Waals surface area contributed by atoms with Crippen LogP contribution >= 0.6 is 0 Å². The number of benzene rings is 1. The summed E-state index contributed by atoms with van der Waals surface area (Å²) in [5.74, 6) is 0. The third kappa shape index (κ3) is 1.93. The van der Waals surface area contributed by atoms with E-state index in [1.807, 2.05) is 0 Å². The van der Waals surface area contributed by atoms with Gasteiger partial charge in [0.25, 0.3) is 0 Å². The maximum absolute atomic E-state index is 3.73. The lowest BCUT2D eigenvalue weighted by Gasteiger charge is -2.31. The molecule has 89 valence electrons. The van der Waals surface area contributed by atoms with Gasteiger partial charge in [0, 0.05) is 5.04 Å². The van der Waals surface area contributed by atoms with Gasteiger partial charge in [0.05, 0.1) is 8.80 Å². The van der Waals surface area contributed by atoms with Gasteiger partial charge in [-0.25, -0.2) is 0 Å². The third-order valence-electron chi connectivity index (χ3n) is 4.52. The molecule has 1 aliphatic carbocycles. The van der Waals surface area contributed by atoms with Crippen molar-refractivity contribution in [1.29, 1.82) is 0 Å². The van der Waals surface area contributed by atoms with Gasteiger partial charge in [0.1, 0.15) is 0 Å². The number of allylic oxidation sites excluding steroid dienone is 4. The fourth-order valence-corrected chi connectivity index (χ4v) is 5.52. The first-order valence-corrected chi connectivity index (χ1v) is 8.62. The van der Waals surface area contributed by atoms with Crippen molar-refractivity contribution in [3.8, 4) is 0 Å². The largest absolute Gasteiger partial charge is 0.0833 e. The fraction of sp³-hybridized carbons (Fsp3) is 0.375. The summed E-state index contributed by atoms with van der Waals surface area (Å²) >= 11 is 0. The maximum atomic E-state index is 3.73. The van der Waals surface area contributed by atoms with Crippen molar-refractivity contribution in [2.45, 2.75) is 39.3 Å². The molecule has 0 saturated heterocycles. The predicted molar refractivity (Wildman–Crippen MR) is 78.3 cm³/mol. The molecule has 2 rings (SSSR count). The summed E-state index contributed by atoms with van der Waals surface area (Å²) < 4.78 is 0. The van der Waals surface area contributed by atoms with E-state index in [1.54, 1.807) is 0 Å². The molecule has 0 aliphatic heterocycles. The summed E-state index contributed by atoms with van der Waals surface area (Å²) in [6, 6.07) is 11.0. The van der Waals surface area contributed by atoms with Gasteiger partial charge in [-0.15, -0.1) is 0 Å². The van der Waals surface area contributed by atoms with Crippen molar-refractivity contribution in [3.63, 3.8) is 0 Å². The molecule has 1 aromatic rings. The Labute approximate surface area is 107 Å². The Balaban J connectivity index is 2.43. The van der Waals surface area contributed by atoms with Gasteiger partial charge < -0.3 is 0 Å². The first kappa shape index (κ1) is 12.4. The summed E-state index contributed by atoms with van der Waals surface area (Å²) in [6.07, 6.45) is 3.73. The quantitative estimate of drug-likeness (QED) is 0.694. The number of hydrogen-bond acceptors (Lipinski definition) is 0. The Kier molecular flexibility index (Phi) is 3.13. The summed E-state index contributed by atoms with van der Waals surface area (Å²) in [5.41, 5.74) is 4.32. The molecule has 0 N–H and O–H groups in total. The topological polar surface area (TPSA) is 0 Å². The SMILES string of the molecule is CC1=[C]C(C)([SiH](C)c2ccccc2)C(C)=C1C. The Morgan fingerprint density at radius 3 is 2.12 bits per heavy atom. The molecule has 0 heterocycles. The van der Waals surface area contributed by atoms with Crippen molar-refractivity contribution in [3.05, 3.63) is 53.1 Å². The standard InChI is InChI=1S/C16H21Si/c1-12-11-16(4,14(3)13(12)2)17(5)15-9-7-6-8-10-15/h6-10,17H,1-5H3. The van der Waals surface area contributed by atoms with Gasteiger partial charge >= 0.3 is 0 Å². The monoisotopic (exact) mass is 241 g/mol. The van der Waals surface area contributed by atoms with Crippen LogP contribution in [0, 0.1) is 6.08 Å². The van der Waals surface area contributed by atoms with Crippen molar-refractivity contribution in [1.82, 2.24) is 0 Å². The number of hydrogen-bond donors (Lipinski definition) is 0. The minimum Gasteiger partial charge on any atom is -0.0671 e. The van der Waals surface area contributed by atoms with Crippen LogP contribution in [-0.2, 0) is 0 Å². The Morgan fingerprint density at radius 1 is 1.06 bits per heavy atom. The van der Waals surface area contributed by atoms with Crippen LogP contribution in [0.25, 0.3) is 0 Å². The molecule has 0 spiro atoms. The highest BCUT2D eigenvalue weighted by Crippen LogP contribution is 2.47. The second-order valence-electron chi connectivity index (χ2n) is 5.33. The molecule has 2 atom stereocenters. The summed E-state index contributed by atoms with van der Waals surface area (Å²) in [7, 11) is -1.05. The molecule has 0 amide bonds. The fourth-order valence-electron chi connectivity index (χ4n) is 2.76. The molecule has 0 bridgehead atoms. The lowest BCUT2D eigenvalue weighted by molar-refractivity contribution is 0.855. The first-order valence-electron chi connectivity index (χ1n) is 6.32. The Hall–Kier alpha value is -1.08. The highest BCUT2D eigenvalue weighted by molar-refractivity contribution is 6.76. The number of rotatable bonds is 2. The van der Waals surface area contributed by atoms with E-state index in [2.05, 4.69) is 70.6 Å². The average Bonchev–Trinajstić information content (AvgIpc) is 2.55. The Morgan fingerprint density at radius 2 is 1.65 bits per heavy atom. The van der Waals surface area contributed by atoms with Gasteiger partial charge in [0.2, 0.25) is 0 Å². The second kappa shape index (κ2) is 4.30. The van der Waals surface area contributed by atoms with Crippen molar-refractivity contribution < 1.29 is 0 Å². The summed E-state index contributed by atoms with van der Waals surface area (Å²) in [4.78, 5) is 0. The van der Waals surface area contributed by atoms with Gasteiger partial charge in [-0.1, -0.05) is 54.6 Å². The molecule has 0 saturated carbocycles. The van der Waals surface area contributed by atoms with Crippen LogP contribution in [0.4, 0.5) is 0 Å². The van der Waals surface area contributed by atoms with Crippen molar-refractivity contribution >= 4 is 14.0 Å². The normalized spacial score (nSPS) is 26.1. The van der Waals surface area contributed by atoms with Crippen LogP contribution in [-0.4, -0.2) is 8.80 Å². The van der Waals surface area contributed by atoms with Crippen LogP contribution in [0.1, 0.15) is 27.7 Å². The molecular formula is C16H21Si. The molecule has 1 aliphatic rings. The summed E-state index contributed by atoms with van der Waals surface area (Å²) in [5, 5.41) is 1.72. The van der Waals surface area contributed by atoms with Crippen LogP contribution in [0.15, 0.2) is 47.1 Å². The zero-order valence-electron chi connectivity index (χ0n) is 11.5. The van der Waals surface area contributed by atoms with E-state index in [-0.39, 0.29) is 5.04 Å². The second-order valence-corrected chi connectivity index (χ2v) is 8.60. The van der Waals surface area contributed by atoms with Crippen LogP contribution < -0.4 is 5.19 Å². The molecule has 2 unspecified atom stereocenters. The van der Waals surface area contributed by atoms with E-state index in [0.29, 0.717) is 0 Å². The van der Waals surface area contributed by atoms with Gasteiger partial charge in [0.15, 0.2) is 0 Å². The lowest BCUT2D eigenvalue weighted by atomic mass is 10.0. The van der Waals surface area contributed by atoms with Crippen LogP contribution in [0.3, 0.4) is 0 Å². The van der Waals surface area contributed by atoms with E-state index >= 15 is 0 Å².